The Labute approximate surface area is 111 Å². The molecule has 102 valence electrons. The van der Waals surface area contributed by atoms with Gasteiger partial charge >= 0.3 is 0 Å². The highest BCUT2D eigenvalue weighted by molar-refractivity contribution is 5.82. The Hall–Kier alpha value is -1.46. The van der Waals surface area contributed by atoms with Gasteiger partial charge in [-0.1, -0.05) is 18.1 Å². The molecular weight excluding hydrogens is 242 g/mol. The van der Waals surface area contributed by atoms with Crippen molar-refractivity contribution in [1.82, 2.24) is 25.9 Å². The van der Waals surface area contributed by atoms with Crippen molar-refractivity contribution in [3.63, 3.8) is 0 Å². The van der Waals surface area contributed by atoms with Crippen molar-refractivity contribution in [2.24, 2.45) is 11.3 Å². The van der Waals surface area contributed by atoms with Gasteiger partial charge in [0.1, 0.15) is 0 Å². The van der Waals surface area contributed by atoms with Gasteiger partial charge in [0.25, 0.3) is 0 Å². The first-order chi connectivity index (χ1) is 9.24. The molecule has 6 heteroatoms. The molecule has 0 saturated heterocycles. The second-order valence-electron chi connectivity index (χ2n) is 6.56. The maximum absolute atomic E-state index is 12.2. The van der Waals surface area contributed by atoms with E-state index in [9.17, 15) is 4.79 Å². The lowest BCUT2D eigenvalue weighted by Gasteiger charge is -2.13. The number of H-pyrrole nitrogens is 1. The van der Waals surface area contributed by atoms with E-state index in [1.807, 2.05) is 0 Å². The first kappa shape index (κ1) is 11.4. The van der Waals surface area contributed by atoms with Gasteiger partial charge in [0.05, 0.1) is 5.41 Å². The van der Waals surface area contributed by atoms with Gasteiger partial charge in [-0.25, -0.2) is 0 Å². The molecular formula is C13H19N5O. The fourth-order valence-electron chi connectivity index (χ4n) is 3.75. The number of hydrogen-bond acceptors (Lipinski definition) is 4. The van der Waals surface area contributed by atoms with Crippen LogP contribution in [0.5, 0.6) is 0 Å². The van der Waals surface area contributed by atoms with Crippen molar-refractivity contribution < 1.29 is 4.79 Å². The van der Waals surface area contributed by atoms with Gasteiger partial charge in [0.2, 0.25) is 5.91 Å². The van der Waals surface area contributed by atoms with Gasteiger partial charge in [-0.3, -0.25) is 4.79 Å². The Morgan fingerprint density at radius 2 is 2.11 bits per heavy atom. The van der Waals surface area contributed by atoms with Crippen molar-refractivity contribution in [1.29, 1.82) is 0 Å². The third kappa shape index (κ3) is 1.76. The zero-order valence-electron chi connectivity index (χ0n) is 11.0. The number of tetrazole rings is 1. The molecule has 1 spiro atoms. The van der Waals surface area contributed by atoms with Crippen LogP contribution >= 0.6 is 0 Å². The summed E-state index contributed by atoms with van der Waals surface area (Å²) in [6.07, 6.45) is 8.30. The maximum Gasteiger partial charge on any atom is 0.223 e. The zero-order valence-corrected chi connectivity index (χ0v) is 11.0. The smallest absolute Gasteiger partial charge is 0.223 e. The van der Waals surface area contributed by atoms with Crippen LogP contribution in [-0.2, 0) is 10.2 Å². The molecule has 1 amide bonds. The van der Waals surface area contributed by atoms with Gasteiger partial charge in [0, 0.05) is 12.5 Å². The lowest BCUT2D eigenvalue weighted by Crippen LogP contribution is -2.34. The van der Waals surface area contributed by atoms with E-state index in [0.717, 1.165) is 25.1 Å². The van der Waals surface area contributed by atoms with Crippen LogP contribution in [0.15, 0.2) is 0 Å². The molecule has 0 bridgehead atoms. The minimum atomic E-state index is -0.0413. The van der Waals surface area contributed by atoms with Gasteiger partial charge in [-0.15, -0.1) is 10.2 Å². The lowest BCUT2D eigenvalue weighted by molar-refractivity contribution is -0.123. The molecule has 1 aromatic rings. The summed E-state index contributed by atoms with van der Waals surface area (Å²) in [5.74, 6) is 1.27. The molecule has 3 aliphatic carbocycles. The van der Waals surface area contributed by atoms with E-state index in [1.54, 1.807) is 0 Å². The van der Waals surface area contributed by atoms with Crippen LogP contribution < -0.4 is 5.32 Å². The van der Waals surface area contributed by atoms with Gasteiger partial charge in [0.15, 0.2) is 5.82 Å². The molecule has 1 atom stereocenters. The van der Waals surface area contributed by atoms with Crippen LogP contribution in [0.3, 0.4) is 0 Å². The predicted octanol–water partition coefficient (Wildman–Crippen LogP) is 0.928. The average Bonchev–Trinajstić information content (AvgIpc) is 3.17. The van der Waals surface area contributed by atoms with Crippen LogP contribution in [0.2, 0.25) is 0 Å². The van der Waals surface area contributed by atoms with Crippen molar-refractivity contribution in [2.75, 3.05) is 6.54 Å². The summed E-state index contributed by atoms with van der Waals surface area (Å²) in [5.41, 5.74) is 0.341. The molecule has 0 aromatic carbocycles. The number of aromatic amines is 1. The molecule has 2 N–H and O–H groups in total. The van der Waals surface area contributed by atoms with Crippen molar-refractivity contribution in [2.45, 2.75) is 50.4 Å². The van der Waals surface area contributed by atoms with Crippen LogP contribution in [0.25, 0.3) is 0 Å². The summed E-state index contributed by atoms with van der Waals surface area (Å²) in [7, 11) is 0. The first-order valence-corrected chi connectivity index (χ1v) is 7.26. The Bertz CT molecular complexity index is 487. The minimum absolute atomic E-state index is 0.0413. The number of nitrogens with one attached hydrogen (secondary N) is 2. The molecule has 3 saturated carbocycles. The highest BCUT2D eigenvalue weighted by Crippen LogP contribution is 2.62. The molecule has 19 heavy (non-hydrogen) atoms. The SMILES string of the molecule is O=C(NCC1(c2nn[nH]n2)CC1)C1CC12CCCC2. The van der Waals surface area contributed by atoms with Crippen molar-refractivity contribution in [3.05, 3.63) is 5.82 Å². The van der Waals surface area contributed by atoms with Crippen LogP contribution in [0, 0.1) is 11.3 Å². The lowest BCUT2D eigenvalue weighted by atomic mass is 10.0. The Balaban J connectivity index is 1.35. The number of aromatic nitrogens is 4. The standard InChI is InChI=1S/C13H19N5O/c19-10(9-7-12(9)3-1-2-4-12)14-8-13(5-6-13)11-15-17-18-16-11/h9H,1-8H2,(H,14,19)(H,15,16,17,18). The molecule has 3 aliphatic rings. The second kappa shape index (κ2) is 3.77. The average molecular weight is 261 g/mol. The summed E-state index contributed by atoms with van der Waals surface area (Å²) in [4.78, 5) is 12.2. The van der Waals surface area contributed by atoms with Crippen LogP contribution in [0.4, 0.5) is 0 Å². The van der Waals surface area contributed by atoms with Crippen LogP contribution in [0.1, 0.15) is 50.8 Å². The van der Waals surface area contributed by atoms with E-state index in [-0.39, 0.29) is 17.2 Å². The molecule has 1 unspecified atom stereocenters. The third-order valence-corrected chi connectivity index (χ3v) is 5.38. The third-order valence-electron chi connectivity index (χ3n) is 5.38. The van der Waals surface area contributed by atoms with E-state index in [1.165, 1.54) is 25.7 Å². The number of carbonyl (C=O) groups excluding carboxylic acids is 1. The van der Waals surface area contributed by atoms with E-state index < -0.39 is 0 Å². The van der Waals surface area contributed by atoms with Gasteiger partial charge in [-0.2, -0.15) is 5.21 Å². The molecule has 6 nitrogen and oxygen atoms in total. The van der Waals surface area contributed by atoms with Gasteiger partial charge in [-0.05, 0) is 37.5 Å². The maximum atomic E-state index is 12.2. The van der Waals surface area contributed by atoms with E-state index in [0.29, 0.717) is 12.0 Å². The predicted molar refractivity (Wildman–Crippen MR) is 67.1 cm³/mol. The Kier molecular flexibility index (Phi) is 2.26. The topological polar surface area (TPSA) is 83.6 Å². The second-order valence-corrected chi connectivity index (χ2v) is 6.56. The number of carbonyl (C=O) groups is 1. The highest BCUT2D eigenvalue weighted by atomic mass is 16.2. The number of hydrogen-bond donors (Lipinski definition) is 2. The van der Waals surface area contributed by atoms with E-state index in [2.05, 4.69) is 25.9 Å². The molecule has 0 aliphatic heterocycles. The fourth-order valence-corrected chi connectivity index (χ4v) is 3.75. The molecule has 4 rings (SSSR count). The Morgan fingerprint density at radius 1 is 1.32 bits per heavy atom. The molecule has 0 radical (unpaired) electrons. The Morgan fingerprint density at radius 3 is 2.74 bits per heavy atom. The quantitative estimate of drug-likeness (QED) is 0.844. The molecule has 3 fully saturated rings. The first-order valence-electron chi connectivity index (χ1n) is 7.26. The largest absolute Gasteiger partial charge is 0.355 e. The summed E-state index contributed by atoms with van der Waals surface area (Å²) in [5, 5.41) is 17.4. The normalized spacial score (nSPS) is 29.4. The number of amides is 1. The molecule has 1 heterocycles. The summed E-state index contributed by atoms with van der Waals surface area (Å²) in [6.45, 7) is 0.665. The highest BCUT2D eigenvalue weighted by Gasteiger charge is 2.59. The van der Waals surface area contributed by atoms with E-state index >= 15 is 0 Å². The van der Waals surface area contributed by atoms with Crippen molar-refractivity contribution >= 4 is 5.91 Å². The summed E-state index contributed by atoms with van der Waals surface area (Å²) < 4.78 is 0. The summed E-state index contributed by atoms with van der Waals surface area (Å²) >= 11 is 0. The monoisotopic (exact) mass is 261 g/mol. The minimum Gasteiger partial charge on any atom is -0.355 e. The van der Waals surface area contributed by atoms with Crippen molar-refractivity contribution in [3.8, 4) is 0 Å². The zero-order chi connectivity index (χ0) is 12.9. The number of nitrogens with zero attached hydrogens (tertiary/aromatic N) is 3. The number of rotatable bonds is 4. The van der Waals surface area contributed by atoms with Gasteiger partial charge < -0.3 is 5.32 Å². The van der Waals surface area contributed by atoms with E-state index in [4.69, 9.17) is 0 Å². The van der Waals surface area contributed by atoms with Crippen LogP contribution in [-0.4, -0.2) is 33.1 Å². The fraction of sp³-hybridized carbons (Fsp3) is 0.846. The summed E-state index contributed by atoms with van der Waals surface area (Å²) in [6, 6.07) is 0. The molecule has 1 aromatic heterocycles.